The summed E-state index contributed by atoms with van der Waals surface area (Å²) in [6.45, 7) is 3.96. The van der Waals surface area contributed by atoms with Crippen molar-refractivity contribution in [2.45, 2.75) is 13.8 Å². The summed E-state index contributed by atoms with van der Waals surface area (Å²) in [5.41, 5.74) is 4.19. The van der Waals surface area contributed by atoms with Gasteiger partial charge in [0.15, 0.2) is 5.17 Å². The van der Waals surface area contributed by atoms with Crippen molar-refractivity contribution >= 4 is 57.0 Å². The van der Waals surface area contributed by atoms with Crippen LogP contribution in [0.2, 0.25) is 5.02 Å². The quantitative estimate of drug-likeness (QED) is 0.584. The average molecular weight is 440 g/mol. The van der Waals surface area contributed by atoms with E-state index in [0.717, 1.165) is 22.6 Å². The van der Waals surface area contributed by atoms with Crippen LogP contribution in [0.15, 0.2) is 45.7 Å². The molecule has 0 bridgehead atoms. The van der Waals surface area contributed by atoms with E-state index in [4.69, 9.17) is 16.9 Å². The molecule has 1 fully saturated rings. The van der Waals surface area contributed by atoms with Gasteiger partial charge in [0.1, 0.15) is 6.07 Å². The molecule has 1 N–H and O–H groups in total. The summed E-state index contributed by atoms with van der Waals surface area (Å²) in [5, 5.41) is 15.2. The van der Waals surface area contributed by atoms with Crippen LogP contribution in [0.5, 0.6) is 0 Å². The second-order valence-corrected chi connectivity index (χ2v) is 8.55. The van der Waals surface area contributed by atoms with Crippen molar-refractivity contribution in [3.05, 3.63) is 68.3 Å². The molecule has 1 saturated heterocycles. The first-order valence-electron chi connectivity index (χ1n) is 8.54. The standard InChI is InChI=1S/C20H14ClN5OS2/c1-11-7-14(12(2)26(11)15-4-3-13(10-22)16(21)9-15)8-17-18(27)24-20(29-17)25-19-23-5-6-28-19/h3-9H,1-2H3,(H,23,24,25,27)/b17-8-. The van der Waals surface area contributed by atoms with E-state index in [1.807, 2.05) is 42.0 Å². The van der Waals surface area contributed by atoms with Crippen molar-refractivity contribution in [1.82, 2.24) is 14.9 Å². The summed E-state index contributed by atoms with van der Waals surface area (Å²) in [7, 11) is 0. The number of aliphatic imine (C=N–C) groups is 1. The Labute approximate surface area is 180 Å². The number of thiazole rings is 1. The Morgan fingerprint density at radius 2 is 2.17 bits per heavy atom. The maximum atomic E-state index is 12.4. The molecule has 1 aliphatic rings. The first-order valence-corrected chi connectivity index (χ1v) is 10.6. The summed E-state index contributed by atoms with van der Waals surface area (Å²) >= 11 is 8.90. The van der Waals surface area contributed by atoms with Crippen molar-refractivity contribution in [1.29, 1.82) is 5.26 Å². The minimum absolute atomic E-state index is 0.184. The molecular weight excluding hydrogens is 426 g/mol. The van der Waals surface area contributed by atoms with E-state index in [1.54, 1.807) is 18.3 Å². The number of aromatic nitrogens is 2. The lowest BCUT2D eigenvalue weighted by Gasteiger charge is -2.10. The van der Waals surface area contributed by atoms with Crippen LogP contribution in [-0.4, -0.2) is 20.6 Å². The van der Waals surface area contributed by atoms with Crippen LogP contribution in [0.25, 0.3) is 11.8 Å². The molecule has 0 unspecified atom stereocenters. The molecule has 29 heavy (non-hydrogen) atoms. The summed E-state index contributed by atoms with van der Waals surface area (Å²) in [4.78, 5) is 21.4. The number of thioether (sulfide) groups is 1. The van der Waals surface area contributed by atoms with Crippen molar-refractivity contribution in [2.24, 2.45) is 4.99 Å². The minimum atomic E-state index is -0.184. The fraction of sp³-hybridized carbons (Fsp3) is 0.100. The van der Waals surface area contributed by atoms with Crippen LogP contribution < -0.4 is 5.32 Å². The Hall–Kier alpha value is -2.86. The third-order valence-corrected chi connectivity index (χ3v) is 6.24. The highest BCUT2D eigenvalue weighted by Gasteiger charge is 2.25. The number of benzene rings is 1. The van der Waals surface area contributed by atoms with E-state index in [0.29, 0.717) is 25.8 Å². The number of amidine groups is 1. The topological polar surface area (TPSA) is 83.1 Å². The molecule has 2 aromatic heterocycles. The van der Waals surface area contributed by atoms with E-state index in [9.17, 15) is 4.79 Å². The van der Waals surface area contributed by atoms with Crippen LogP contribution in [0, 0.1) is 25.2 Å². The normalized spacial score (nSPS) is 16.4. The number of carbonyl (C=O) groups excluding carboxylic acids is 1. The summed E-state index contributed by atoms with van der Waals surface area (Å²) in [6.07, 6.45) is 3.53. The molecule has 0 radical (unpaired) electrons. The van der Waals surface area contributed by atoms with E-state index in [-0.39, 0.29) is 5.91 Å². The Morgan fingerprint density at radius 3 is 2.86 bits per heavy atom. The number of hydrogen-bond acceptors (Lipinski definition) is 6. The van der Waals surface area contributed by atoms with Crippen molar-refractivity contribution in [3.8, 4) is 11.8 Å². The third kappa shape index (κ3) is 3.85. The Bertz CT molecular complexity index is 1220. The molecule has 1 aromatic carbocycles. The molecule has 1 aliphatic heterocycles. The van der Waals surface area contributed by atoms with Gasteiger partial charge in [-0.15, -0.1) is 11.3 Å². The monoisotopic (exact) mass is 439 g/mol. The second kappa shape index (κ2) is 7.87. The zero-order valence-corrected chi connectivity index (χ0v) is 17.8. The molecule has 4 rings (SSSR count). The number of amides is 1. The lowest BCUT2D eigenvalue weighted by atomic mass is 10.2. The SMILES string of the molecule is Cc1cc(/C=C2\S/C(=N/c3nccs3)NC2=O)c(C)n1-c1ccc(C#N)c(Cl)c1. The fourth-order valence-corrected chi connectivity index (χ4v) is 4.64. The smallest absolute Gasteiger partial charge is 0.264 e. The van der Waals surface area contributed by atoms with Gasteiger partial charge in [-0.2, -0.15) is 10.3 Å². The first-order chi connectivity index (χ1) is 14.0. The van der Waals surface area contributed by atoms with E-state index in [2.05, 4.69) is 21.4 Å². The van der Waals surface area contributed by atoms with Gasteiger partial charge < -0.3 is 9.88 Å². The predicted molar refractivity (Wildman–Crippen MR) is 118 cm³/mol. The zero-order chi connectivity index (χ0) is 20.5. The molecule has 9 heteroatoms. The first kappa shape index (κ1) is 19.5. The summed E-state index contributed by atoms with van der Waals surface area (Å²) in [5.74, 6) is -0.184. The summed E-state index contributed by atoms with van der Waals surface area (Å²) in [6, 6.07) is 9.41. The molecule has 0 spiro atoms. The largest absolute Gasteiger partial charge is 0.318 e. The lowest BCUT2D eigenvalue weighted by Crippen LogP contribution is -2.19. The number of carbonyl (C=O) groups is 1. The highest BCUT2D eigenvalue weighted by molar-refractivity contribution is 8.18. The molecule has 144 valence electrons. The maximum Gasteiger partial charge on any atom is 0.264 e. The van der Waals surface area contributed by atoms with Gasteiger partial charge in [-0.25, -0.2) is 4.98 Å². The predicted octanol–water partition coefficient (Wildman–Crippen LogP) is 4.97. The number of nitrogens with zero attached hydrogens (tertiary/aromatic N) is 4. The Morgan fingerprint density at radius 1 is 1.34 bits per heavy atom. The number of hydrogen-bond donors (Lipinski definition) is 1. The number of nitrogens with one attached hydrogen (secondary N) is 1. The van der Waals surface area contributed by atoms with Crippen LogP contribution in [0.1, 0.15) is 22.5 Å². The number of rotatable bonds is 3. The second-order valence-electron chi connectivity index (χ2n) is 6.23. The molecule has 3 heterocycles. The highest BCUT2D eigenvalue weighted by atomic mass is 35.5. The molecule has 1 amide bonds. The summed E-state index contributed by atoms with van der Waals surface area (Å²) < 4.78 is 2.04. The van der Waals surface area contributed by atoms with Crippen molar-refractivity contribution in [3.63, 3.8) is 0 Å². The van der Waals surface area contributed by atoms with E-state index in [1.165, 1.54) is 23.1 Å². The minimum Gasteiger partial charge on any atom is -0.318 e. The molecule has 6 nitrogen and oxygen atoms in total. The van der Waals surface area contributed by atoms with Crippen LogP contribution in [0.4, 0.5) is 5.13 Å². The van der Waals surface area contributed by atoms with Crippen molar-refractivity contribution in [2.75, 3.05) is 0 Å². The molecule has 0 saturated carbocycles. The maximum absolute atomic E-state index is 12.4. The van der Waals surface area contributed by atoms with Crippen LogP contribution in [-0.2, 0) is 4.79 Å². The van der Waals surface area contributed by atoms with Gasteiger partial charge in [0.05, 0.1) is 15.5 Å². The van der Waals surface area contributed by atoms with Gasteiger partial charge >= 0.3 is 0 Å². The fourth-order valence-electron chi connectivity index (χ4n) is 3.04. The average Bonchev–Trinajstić information content (AvgIpc) is 3.37. The Balaban J connectivity index is 1.67. The zero-order valence-electron chi connectivity index (χ0n) is 15.4. The number of halogens is 1. The van der Waals surface area contributed by atoms with Gasteiger partial charge in [-0.3, -0.25) is 4.79 Å². The van der Waals surface area contributed by atoms with Gasteiger partial charge in [-0.05, 0) is 61.5 Å². The van der Waals surface area contributed by atoms with Gasteiger partial charge in [0.25, 0.3) is 5.91 Å². The molecular formula is C20H14ClN5OS2. The van der Waals surface area contributed by atoms with Gasteiger partial charge in [0, 0.05) is 28.7 Å². The number of nitriles is 1. The van der Waals surface area contributed by atoms with Crippen LogP contribution >= 0.6 is 34.7 Å². The molecule has 0 atom stereocenters. The highest BCUT2D eigenvalue weighted by Crippen LogP contribution is 2.31. The third-order valence-electron chi connectivity index (χ3n) is 4.36. The Kier molecular flexibility index (Phi) is 5.28. The molecule has 3 aromatic rings. The van der Waals surface area contributed by atoms with E-state index >= 15 is 0 Å². The number of aryl methyl sites for hydroxylation is 1. The van der Waals surface area contributed by atoms with Crippen LogP contribution in [0.3, 0.4) is 0 Å². The van der Waals surface area contributed by atoms with Gasteiger partial charge in [-0.1, -0.05) is 11.6 Å². The molecule has 0 aliphatic carbocycles. The lowest BCUT2D eigenvalue weighted by molar-refractivity contribution is -0.115. The van der Waals surface area contributed by atoms with Crippen molar-refractivity contribution < 1.29 is 4.79 Å². The van der Waals surface area contributed by atoms with Gasteiger partial charge in [0.2, 0.25) is 5.13 Å². The van der Waals surface area contributed by atoms with E-state index < -0.39 is 0 Å².